The number of allylic oxidation sites excluding steroid dienone is 2. The lowest BCUT2D eigenvalue weighted by Crippen LogP contribution is -2.43. The molecule has 2 atom stereocenters. The molecule has 4 aliphatic rings. The third-order valence-electron chi connectivity index (χ3n) is 11.1. The zero-order chi connectivity index (χ0) is 34.4. The Bertz CT molecular complexity index is 2060. The van der Waals surface area contributed by atoms with Gasteiger partial charge in [-0.1, -0.05) is 109 Å². The highest BCUT2D eigenvalue weighted by molar-refractivity contribution is 6.81. The van der Waals surface area contributed by atoms with Gasteiger partial charge in [-0.05, 0) is 86.1 Å². The summed E-state index contributed by atoms with van der Waals surface area (Å²) in [5, 5.41) is 0. The van der Waals surface area contributed by atoms with E-state index in [0.717, 1.165) is 23.0 Å². The van der Waals surface area contributed by atoms with Crippen LogP contribution in [0.5, 0.6) is 23.0 Å². The van der Waals surface area contributed by atoms with Gasteiger partial charge in [0.15, 0.2) is 23.0 Å². The Morgan fingerprint density at radius 1 is 0.551 bits per heavy atom. The Labute approximate surface area is 292 Å². The predicted molar refractivity (Wildman–Crippen MR) is 204 cm³/mol. The molecule has 252 valence electrons. The van der Waals surface area contributed by atoms with E-state index in [1.807, 2.05) is 0 Å². The summed E-state index contributed by atoms with van der Waals surface area (Å²) in [6, 6.07) is 18.4. The molecule has 4 aromatic carbocycles. The number of fused-ring (bicyclic) bond motifs is 4. The maximum Gasteiger partial charge on any atom is 0.169 e. The summed E-state index contributed by atoms with van der Waals surface area (Å²) in [6.07, 6.45) is 4.98. The molecule has 5 heteroatoms. The summed E-state index contributed by atoms with van der Waals surface area (Å²) < 4.78 is 25.6. The maximum atomic E-state index is 6.44. The first-order valence-corrected chi connectivity index (χ1v) is 21.1. The third kappa shape index (κ3) is 5.15. The molecule has 2 aliphatic carbocycles. The molecule has 0 saturated carbocycles. The lowest BCUT2D eigenvalue weighted by Gasteiger charge is -2.41. The second kappa shape index (κ2) is 11.7. The van der Waals surface area contributed by atoms with Crippen molar-refractivity contribution >= 4 is 20.2 Å². The van der Waals surface area contributed by atoms with E-state index in [2.05, 4.69) is 122 Å². The van der Waals surface area contributed by atoms with Gasteiger partial charge in [-0.2, -0.15) is 0 Å². The van der Waals surface area contributed by atoms with Gasteiger partial charge in [-0.25, -0.2) is 0 Å². The van der Waals surface area contributed by atoms with Crippen LogP contribution in [0.15, 0.2) is 59.7 Å². The van der Waals surface area contributed by atoms with E-state index in [-0.39, 0.29) is 0 Å². The van der Waals surface area contributed by atoms with Crippen LogP contribution < -0.4 is 18.9 Å². The van der Waals surface area contributed by atoms with Crippen LogP contribution >= 0.6 is 0 Å². The Hall–Kier alpha value is -4.22. The number of hydrogen-bond donors (Lipinski definition) is 0. The van der Waals surface area contributed by atoms with Crippen molar-refractivity contribution in [2.75, 3.05) is 26.4 Å². The average Bonchev–Trinajstić information content (AvgIpc) is 3.59. The van der Waals surface area contributed by atoms with Crippen LogP contribution in [0, 0.1) is 33.6 Å². The van der Waals surface area contributed by atoms with Crippen molar-refractivity contribution in [2.45, 2.75) is 72.6 Å². The molecule has 0 radical (unpaired) electrons. The average molecular weight is 669 g/mol. The number of ether oxygens (including phenoxy) is 4. The van der Waals surface area contributed by atoms with Gasteiger partial charge in [0.1, 0.15) is 26.4 Å². The predicted octanol–water partition coefficient (Wildman–Crippen LogP) is 10.9. The highest BCUT2D eigenvalue weighted by Crippen LogP contribution is 2.60. The van der Waals surface area contributed by atoms with Crippen molar-refractivity contribution in [3.8, 4) is 45.3 Å². The lowest BCUT2D eigenvalue weighted by atomic mass is 9.92. The van der Waals surface area contributed by atoms with Crippen LogP contribution in [0.3, 0.4) is 0 Å². The molecule has 2 heterocycles. The molecule has 0 saturated heterocycles. The molecular weight excluding hydrogens is 621 g/mol. The van der Waals surface area contributed by atoms with Crippen LogP contribution in [0.25, 0.3) is 34.4 Å². The monoisotopic (exact) mass is 668 g/mol. The molecule has 0 spiro atoms. The van der Waals surface area contributed by atoms with Crippen LogP contribution in [0.4, 0.5) is 0 Å². The molecule has 0 bridgehead atoms. The zero-order valence-electron chi connectivity index (χ0n) is 30.5. The molecule has 0 aromatic heterocycles. The fourth-order valence-electron chi connectivity index (χ4n) is 9.51. The first kappa shape index (κ1) is 32.0. The van der Waals surface area contributed by atoms with Gasteiger partial charge in [0.25, 0.3) is 0 Å². The second-order valence-corrected chi connectivity index (χ2v) is 20.5. The fraction of sp³-hybridized carbons (Fsp3) is 0.364. The molecule has 4 aromatic rings. The molecule has 2 unspecified atom stereocenters. The van der Waals surface area contributed by atoms with Crippen molar-refractivity contribution in [3.63, 3.8) is 0 Å². The molecule has 49 heavy (non-hydrogen) atoms. The van der Waals surface area contributed by atoms with E-state index in [9.17, 15) is 0 Å². The molecular formula is C44H48O4Si. The molecule has 0 amide bonds. The van der Waals surface area contributed by atoms with Gasteiger partial charge < -0.3 is 18.9 Å². The minimum Gasteiger partial charge on any atom is -0.486 e. The largest absolute Gasteiger partial charge is 0.486 e. The normalized spacial score (nSPS) is 19.1. The van der Waals surface area contributed by atoms with E-state index >= 15 is 0 Å². The van der Waals surface area contributed by atoms with Crippen molar-refractivity contribution in [1.82, 2.24) is 0 Å². The number of rotatable bonds is 5. The molecule has 4 nitrogen and oxygen atoms in total. The zero-order valence-corrected chi connectivity index (χ0v) is 31.5. The van der Waals surface area contributed by atoms with E-state index in [1.165, 1.54) is 77.9 Å². The number of hydrogen-bond acceptors (Lipinski definition) is 4. The van der Waals surface area contributed by atoms with Crippen LogP contribution in [-0.4, -0.2) is 34.5 Å². The summed E-state index contributed by atoms with van der Waals surface area (Å²) >= 11 is 0. The van der Waals surface area contributed by atoms with Gasteiger partial charge in [-0.15, -0.1) is 0 Å². The first-order chi connectivity index (χ1) is 23.4. The minimum absolute atomic E-state index is 0.305. The van der Waals surface area contributed by atoms with Gasteiger partial charge in [0.05, 0.1) is 8.07 Å². The number of benzene rings is 4. The number of aryl methyl sites for hydroxylation is 4. The van der Waals surface area contributed by atoms with Crippen molar-refractivity contribution in [3.05, 3.63) is 104 Å². The topological polar surface area (TPSA) is 36.9 Å². The quantitative estimate of drug-likeness (QED) is 0.198. The SMILES string of the molecule is CC1=Cc2c(cc3c(c2-c2cc(C)cc(C)c2)OCCO3)C1[Si](C)(C)C1C(C(C)C)=Cc2c1cc1c(c2-c2cc(C)cc(C)c2)OCCO1. The summed E-state index contributed by atoms with van der Waals surface area (Å²) in [5.41, 5.74) is 18.7. The second-order valence-electron chi connectivity index (χ2n) is 15.7. The highest BCUT2D eigenvalue weighted by Gasteiger charge is 2.50. The molecule has 0 N–H and O–H groups in total. The minimum atomic E-state index is -2.24. The standard InChI is InChI=1S/C44H48O4Si/c1-24(2)32-21-34-36(23-38-42(48-13-11-46-38)40(34)31-18-27(5)15-28(6)19-31)44(32)49(8,9)43-29(7)20-33-35(43)22-37-41(47-12-10-45-37)39(33)30-16-25(3)14-26(4)17-30/h14-24,43-44H,10-13H2,1-9H3. The van der Waals surface area contributed by atoms with Crippen molar-refractivity contribution in [1.29, 1.82) is 0 Å². The van der Waals surface area contributed by atoms with E-state index < -0.39 is 8.07 Å². The van der Waals surface area contributed by atoms with Crippen LogP contribution in [-0.2, 0) is 0 Å². The first-order valence-electron chi connectivity index (χ1n) is 17.9. The van der Waals surface area contributed by atoms with Crippen molar-refractivity contribution < 1.29 is 18.9 Å². The van der Waals surface area contributed by atoms with E-state index in [0.29, 0.717) is 43.4 Å². The molecule has 2 aliphatic heterocycles. The Balaban J connectivity index is 1.34. The summed E-state index contributed by atoms with van der Waals surface area (Å²) in [7, 11) is -2.24. The summed E-state index contributed by atoms with van der Waals surface area (Å²) in [5.74, 6) is 3.92. The van der Waals surface area contributed by atoms with Gasteiger partial charge in [0.2, 0.25) is 0 Å². The molecule has 0 fully saturated rings. The lowest BCUT2D eigenvalue weighted by molar-refractivity contribution is 0.172. The maximum absolute atomic E-state index is 6.44. The van der Waals surface area contributed by atoms with Gasteiger partial charge in [-0.3, -0.25) is 0 Å². The Kier molecular flexibility index (Phi) is 7.64. The van der Waals surface area contributed by atoms with Crippen molar-refractivity contribution in [2.24, 2.45) is 5.92 Å². The highest BCUT2D eigenvalue weighted by atomic mass is 28.3. The Morgan fingerprint density at radius 2 is 0.980 bits per heavy atom. The van der Waals surface area contributed by atoms with Gasteiger partial charge in [0, 0.05) is 22.2 Å². The van der Waals surface area contributed by atoms with E-state index in [1.54, 1.807) is 0 Å². The van der Waals surface area contributed by atoms with Crippen LogP contribution in [0.1, 0.15) is 76.4 Å². The fourth-order valence-corrected chi connectivity index (χ4v) is 14.5. The Morgan fingerprint density at radius 3 is 1.45 bits per heavy atom. The summed E-state index contributed by atoms with van der Waals surface area (Å²) in [6.45, 7) is 23.3. The summed E-state index contributed by atoms with van der Waals surface area (Å²) in [4.78, 5) is 0. The van der Waals surface area contributed by atoms with E-state index in [4.69, 9.17) is 18.9 Å². The van der Waals surface area contributed by atoms with Crippen LogP contribution in [0.2, 0.25) is 13.1 Å². The van der Waals surface area contributed by atoms with Gasteiger partial charge >= 0.3 is 0 Å². The molecule has 8 rings (SSSR count). The third-order valence-corrected chi connectivity index (χ3v) is 15.5. The smallest absolute Gasteiger partial charge is 0.169 e.